The monoisotopic (exact) mass is 375 g/mol. The fourth-order valence-corrected chi connectivity index (χ4v) is 3.61. The van der Waals surface area contributed by atoms with Crippen LogP contribution >= 0.6 is 12.4 Å². The summed E-state index contributed by atoms with van der Waals surface area (Å²) in [6.07, 6.45) is 2.20. The average Bonchev–Trinajstić information content (AvgIpc) is 3.04. The molecule has 8 heteroatoms. The van der Waals surface area contributed by atoms with E-state index in [-0.39, 0.29) is 29.1 Å². The Kier molecular flexibility index (Phi) is 8.15. The number of halogens is 1. The van der Waals surface area contributed by atoms with Crippen molar-refractivity contribution in [3.8, 4) is 0 Å². The number of carbonyl (C=O) groups excluding carboxylic acids is 1. The van der Waals surface area contributed by atoms with Crippen molar-refractivity contribution in [3.63, 3.8) is 0 Å². The fourth-order valence-electron chi connectivity index (χ4n) is 2.39. The van der Waals surface area contributed by atoms with Gasteiger partial charge >= 0.3 is 0 Å². The summed E-state index contributed by atoms with van der Waals surface area (Å²) in [5, 5.41) is 6.19. The quantitative estimate of drug-likeness (QED) is 0.674. The number of rotatable bonds is 7. The molecule has 2 rings (SSSR count). The maximum atomic E-state index is 12.1. The summed E-state index contributed by atoms with van der Waals surface area (Å²) in [4.78, 5) is 12.2. The Bertz CT molecular complexity index is 626. The van der Waals surface area contributed by atoms with Crippen LogP contribution in [0, 0.1) is 5.92 Å². The largest absolute Gasteiger partial charge is 0.350 e. The minimum absolute atomic E-state index is 0. The van der Waals surface area contributed by atoms with Crippen LogP contribution in [0.15, 0.2) is 29.2 Å². The SMILES string of the molecule is CC(C)CNS(=O)(=O)c1ccc(C(=O)NCC2CCCN2)cc1.Cl. The highest BCUT2D eigenvalue weighted by molar-refractivity contribution is 7.89. The van der Waals surface area contributed by atoms with Crippen LogP contribution in [0.1, 0.15) is 37.0 Å². The third-order valence-electron chi connectivity index (χ3n) is 3.78. The molecule has 136 valence electrons. The molecule has 3 N–H and O–H groups in total. The van der Waals surface area contributed by atoms with Crippen molar-refractivity contribution in [3.05, 3.63) is 29.8 Å². The molecule has 24 heavy (non-hydrogen) atoms. The molecule has 1 aliphatic rings. The van der Waals surface area contributed by atoms with Crippen molar-refractivity contribution in [1.82, 2.24) is 15.4 Å². The molecule has 1 aromatic rings. The molecule has 0 radical (unpaired) electrons. The lowest BCUT2D eigenvalue weighted by Crippen LogP contribution is -2.37. The van der Waals surface area contributed by atoms with Gasteiger partial charge in [-0.1, -0.05) is 13.8 Å². The smallest absolute Gasteiger partial charge is 0.251 e. The first-order valence-corrected chi connectivity index (χ1v) is 9.48. The molecule has 1 amide bonds. The van der Waals surface area contributed by atoms with Gasteiger partial charge in [-0.2, -0.15) is 0 Å². The topological polar surface area (TPSA) is 87.3 Å². The van der Waals surface area contributed by atoms with Crippen molar-refractivity contribution in [1.29, 1.82) is 0 Å². The van der Waals surface area contributed by atoms with Gasteiger partial charge in [0.25, 0.3) is 5.91 Å². The zero-order chi connectivity index (χ0) is 16.9. The zero-order valence-corrected chi connectivity index (χ0v) is 15.7. The molecule has 0 saturated carbocycles. The minimum Gasteiger partial charge on any atom is -0.350 e. The number of hydrogen-bond acceptors (Lipinski definition) is 4. The van der Waals surface area contributed by atoms with Crippen LogP contribution in [0.2, 0.25) is 0 Å². The second-order valence-electron chi connectivity index (χ2n) is 6.27. The zero-order valence-electron chi connectivity index (χ0n) is 14.0. The Labute approximate surface area is 150 Å². The Hall–Kier alpha value is -1.15. The molecule has 6 nitrogen and oxygen atoms in total. The maximum absolute atomic E-state index is 12.1. The van der Waals surface area contributed by atoms with E-state index >= 15 is 0 Å². The van der Waals surface area contributed by atoms with E-state index in [2.05, 4.69) is 15.4 Å². The van der Waals surface area contributed by atoms with Crippen LogP contribution in [0.25, 0.3) is 0 Å². The van der Waals surface area contributed by atoms with Crippen molar-refractivity contribution < 1.29 is 13.2 Å². The highest BCUT2D eigenvalue weighted by atomic mass is 35.5. The van der Waals surface area contributed by atoms with Crippen molar-refractivity contribution in [2.45, 2.75) is 37.6 Å². The molecule has 1 saturated heterocycles. The molecular formula is C16H26ClN3O3S. The normalized spacial score (nSPS) is 17.5. The molecular weight excluding hydrogens is 350 g/mol. The van der Waals surface area contributed by atoms with E-state index < -0.39 is 10.0 Å². The summed E-state index contributed by atoms with van der Waals surface area (Å²) < 4.78 is 26.7. The van der Waals surface area contributed by atoms with Crippen LogP contribution in [0.4, 0.5) is 0 Å². The molecule has 1 aromatic carbocycles. The van der Waals surface area contributed by atoms with Crippen LogP contribution in [-0.4, -0.2) is 40.0 Å². The molecule has 1 aliphatic heterocycles. The third-order valence-corrected chi connectivity index (χ3v) is 5.22. The van der Waals surface area contributed by atoms with E-state index in [0.29, 0.717) is 24.7 Å². The molecule has 1 unspecified atom stereocenters. The predicted molar refractivity (Wildman–Crippen MR) is 97.1 cm³/mol. The summed E-state index contributed by atoms with van der Waals surface area (Å²) >= 11 is 0. The van der Waals surface area contributed by atoms with Gasteiger partial charge in [0.15, 0.2) is 0 Å². The molecule has 1 heterocycles. The number of benzene rings is 1. The van der Waals surface area contributed by atoms with Gasteiger partial charge in [0.1, 0.15) is 0 Å². The van der Waals surface area contributed by atoms with E-state index in [0.717, 1.165) is 19.4 Å². The number of hydrogen-bond donors (Lipinski definition) is 3. The highest BCUT2D eigenvalue weighted by Gasteiger charge is 2.17. The van der Waals surface area contributed by atoms with Gasteiger partial charge in [0.05, 0.1) is 4.90 Å². The molecule has 1 atom stereocenters. The number of amides is 1. The lowest BCUT2D eigenvalue weighted by atomic mass is 10.2. The third kappa shape index (κ3) is 6.05. The Balaban J connectivity index is 0.00000288. The standard InChI is InChI=1S/C16H25N3O3S.ClH/c1-12(2)10-19-23(21,22)15-7-5-13(6-8-15)16(20)18-11-14-4-3-9-17-14;/h5-8,12,14,17,19H,3-4,9-11H2,1-2H3,(H,18,20);1H. The van der Waals surface area contributed by atoms with Gasteiger partial charge in [-0.25, -0.2) is 13.1 Å². The van der Waals surface area contributed by atoms with Crippen LogP contribution in [0.3, 0.4) is 0 Å². The second-order valence-corrected chi connectivity index (χ2v) is 8.04. The second kappa shape index (κ2) is 9.36. The Morgan fingerprint density at radius 3 is 2.50 bits per heavy atom. The first kappa shape index (κ1) is 20.9. The van der Waals surface area contributed by atoms with E-state index in [1.807, 2.05) is 13.8 Å². The van der Waals surface area contributed by atoms with Crippen molar-refractivity contribution in [2.75, 3.05) is 19.6 Å². The number of nitrogens with one attached hydrogen (secondary N) is 3. The summed E-state index contributed by atoms with van der Waals surface area (Å²) in [5.41, 5.74) is 0.464. The van der Waals surface area contributed by atoms with Crippen LogP contribution in [-0.2, 0) is 10.0 Å². The lowest BCUT2D eigenvalue weighted by Gasteiger charge is -2.12. The van der Waals surface area contributed by atoms with Crippen LogP contribution in [0.5, 0.6) is 0 Å². The minimum atomic E-state index is -3.51. The van der Waals surface area contributed by atoms with E-state index in [1.54, 1.807) is 12.1 Å². The fraction of sp³-hybridized carbons (Fsp3) is 0.562. The predicted octanol–water partition coefficient (Wildman–Crippen LogP) is 1.52. The van der Waals surface area contributed by atoms with Gasteiger partial charge in [-0.05, 0) is 49.6 Å². The van der Waals surface area contributed by atoms with Crippen molar-refractivity contribution >= 4 is 28.3 Å². The summed E-state index contributed by atoms with van der Waals surface area (Å²) in [6.45, 7) is 5.86. The summed E-state index contributed by atoms with van der Waals surface area (Å²) in [6, 6.07) is 6.35. The van der Waals surface area contributed by atoms with E-state index in [1.165, 1.54) is 12.1 Å². The van der Waals surface area contributed by atoms with E-state index in [9.17, 15) is 13.2 Å². The highest BCUT2D eigenvalue weighted by Crippen LogP contribution is 2.11. The Morgan fingerprint density at radius 1 is 1.29 bits per heavy atom. The lowest BCUT2D eigenvalue weighted by molar-refractivity contribution is 0.0950. The van der Waals surface area contributed by atoms with Gasteiger partial charge in [0.2, 0.25) is 10.0 Å². The van der Waals surface area contributed by atoms with E-state index in [4.69, 9.17) is 0 Å². The molecule has 0 spiro atoms. The van der Waals surface area contributed by atoms with Gasteiger partial charge in [0, 0.05) is 24.7 Å². The summed E-state index contributed by atoms with van der Waals surface area (Å²) in [7, 11) is -3.51. The average molecular weight is 376 g/mol. The number of sulfonamides is 1. The van der Waals surface area contributed by atoms with Crippen molar-refractivity contribution in [2.24, 2.45) is 5.92 Å². The van der Waals surface area contributed by atoms with Gasteiger partial charge in [-0.15, -0.1) is 12.4 Å². The number of carbonyl (C=O) groups is 1. The summed E-state index contributed by atoms with van der Waals surface area (Å²) in [5.74, 6) is 0.0526. The molecule has 1 fully saturated rings. The first-order valence-electron chi connectivity index (χ1n) is 8.00. The Morgan fingerprint density at radius 2 is 1.96 bits per heavy atom. The molecule has 0 aromatic heterocycles. The van der Waals surface area contributed by atoms with Crippen LogP contribution < -0.4 is 15.4 Å². The first-order chi connectivity index (χ1) is 10.9. The molecule has 0 aliphatic carbocycles. The maximum Gasteiger partial charge on any atom is 0.251 e. The van der Waals surface area contributed by atoms with Gasteiger partial charge < -0.3 is 10.6 Å². The molecule has 0 bridgehead atoms. The van der Waals surface area contributed by atoms with Gasteiger partial charge in [-0.3, -0.25) is 4.79 Å².